The van der Waals surface area contributed by atoms with Gasteiger partial charge in [-0.05, 0) is 86.2 Å². The number of anilines is 3. The van der Waals surface area contributed by atoms with Crippen LogP contribution in [0.1, 0.15) is 12.0 Å². The van der Waals surface area contributed by atoms with Crippen LogP contribution in [0, 0.1) is 10.1 Å². The Hall–Kier alpha value is -5.54. The van der Waals surface area contributed by atoms with Crippen molar-refractivity contribution in [2.24, 2.45) is 0 Å². The zero-order valence-electron chi connectivity index (χ0n) is 32.0. The van der Waals surface area contributed by atoms with Crippen LogP contribution in [-0.4, -0.2) is 91.7 Å². The van der Waals surface area contributed by atoms with E-state index in [0.29, 0.717) is 16.7 Å². The lowest BCUT2D eigenvalue weighted by atomic mass is 9.99. The predicted molar refractivity (Wildman–Crippen MR) is 231 cm³/mol. The number of rotatable bonds is 16. The second-order valence-corrected chi connectivity index (χ2v) is 17.1. The first kappa shape index (κ1) is 39.7. The van der Waals surface area contributed by atoms with E-state index in [-0.39, 0.29) is 28.1 Å². The first-order chi connectivity index (χ1) is 27.6. The molecule has 0 spiro atoms. The van der Waals surface area contributed by atoms with Crippen LogP contribution in [0.25, 0.3) is 22.0 Å². The number of hydrogen-bond acceptors (Lipinski definition) is 11. The third-order valence-electron chi connectivity index (χ3n) is 10.0. The molecule has 1 aliphatic heterocycles. The molecule has 12 nitrogen and oxygen atoms in total. The van der Waals surface area contributed by atoms with Crippen molar-refractivity contribution in [3.63, 3.8) is 0 Å². The predicted octanol–water partition coefficient (Wildman–Crippen LogP) is 7.85. The van der Waals surface area contributed by atoms with Crippen LogP contribution in [0.2, 0.25) is 0 Å². The van der Waals surface area contributed by atoms with E-state index in [0.717, 1.165) is 62.3 Å². The van der Waals surface area contributed by atoms with Gasteiger partial charge in [0.2, 0.25) is 0 Å². The number of aromatic nitrogens is 2. The number of thioether (sulfide) groups is 1. The molecule has 0 radical (unpaired) electrons. The number of nitro benzene ring substituents is 1. The van der Waals surface area contributed by atoms with Crippen molar-refractivity contribution in [2.75, 3.05) is 67.5 Å². The number of benzene rings is 5. The largest absolute Gasteiger partial charge is 0.376 e. The maximum atomic E-state index is 13.7. The molecule has 0 saturated carbocycles. The van der Waals surface area contributed by atoms with Gasteiger partial charge in [0.1, 0.15) is 12.0 Å². The SMILES string of the molecule is CN(C)CC[C@H](CSc1ccccc1)Nc1ccc(S(=O)(=O)Nc2ncnc3cc(N4CCN(Cc5ccccc5-c5ccccc5)CC4)ccc23)cc1[N+](=O)[O-]. The van der Waals surface area contributed by atoms with E-state index >= 15 is 0 Å². The minimum Gasteiger partial charge on any atom is -0.376 e. The van der Waals surface area contributed by atoms with E-state index < -0.39 is 14.9 Å². The molecule has 2 N–H and O–H groups in total. The van der Waals surface area contributed by atoms with Gasteiger partial charge in [0.15, 0.2) is 5.82 Å². The Labute approximate surface area is 338 Å². The molecule has 1 atom stereocenters. The summed E-state index contributed by atoms with van der Waals surface area (Å²) in [5.74, 6) is 0.763. The van der Waals surface area contributed by atoms with Gasteiger partial charge < -0.3 is 15.1 Å². The lowest BCUT2D eigenvalue weighted by Crippen LogP contribution is -2.46. The smallest absolute Gasteiger partial charge is 0.293 e. The van der Waals surface area contributed by atoms with E-state index in [1.807, 2.05) is 68.7 Å². The molecule has 57 heavy (non-hydrogen) atoms. The first-order valence-electron chi connectivity index (χ1n) is 18.9. The van der Waals surface area contributed by atoms with Gasteiger partial charge in [0.05, 0.1) is 15.3 Å². The molecule has 0 bridgehead atoms. The highest BCUT2D eigenvalue weighted by Crippen LogP contribution is 2.32. The third-order valence-corrected chi connectivity index (χ3v) is 12.6. The first-order valence-corrected chi connectivity index (χ1v) is 21.4. The Balaban J connectivity index is 1.03. The molecule has 1 aliphatic rings. The molecule has 5 aromatic carbocycles. The van der Waals surface area contributed by atoms with E-state index in [4.69, 9.17) is 0 Å². The molecule has 6 aromatic rings. The van der Waals surface area contributed by atoms with Gasteiger partial charge in [-0.1, -0.05) is 72.8 Å². The number of piperazine rings is 1. The maximum absolute atomic E-state index is 13.7. The summed E-state index contributed by atoms with van der Waals surface area (Å²) in [7, 11) is -0.299. The van der Waals surface area contributed by atoms with E-state index in [9.17, 15) is 18.5 Å². The number of hydrogen-bond donors (Lipinski definition) is 2. The van der Waals surface area contributed by atoms with Gasteiger partial charge in [-0.2, -0.15) is 0 Å². The highest BCUT2D eigenvalue weighted by Gasteiger charge is 2.25. The quantitative estimate of drug-likeness (QED) is 0.0563. The van der Waals surface area contributed by atoms with Crippen LogP contribution < -0.4 is 14.9 Å². The molecule has 2 heterocycles. The topological polar surface area (TPSA) is 137 Å². The summed E-state index contributed by atoms with van der Waals surface area (Å²) in [6, 6.07) is 38.6. The third kappa shape index (κ3) is 10.1. The van der Waals surface area contributed by atoms with Crippen LogP contribution in [0.15, 0.2) is 137 Å². The van der Waals surface area contributed by atoms with Crippen LogP contribution in [0.3, 0.4) is 0 Å². The second-order valence-electron chi connectivity index (χ2n) is 14.3. The normalized spacial score (nSPS) is 14.1. The minimum atomic E-state index is -4.26. The average molecular weight is 803 g/mol. The monoisotopic (exact) mass is 802 g/mol. The zero-order valence-corrected chi connectivity index (χ0v) is 33.6. The van der Waals surface area contributed by atoms with E-state index in [1.165, 1.54) is 35.2 Å². The summed E-state index contributed by atoms with van der Waals surface area (Å²) >= 11 is 1.66. The Morgan fingerprint density at radius 1 is 0.860 bits per heavy atom. The fourth-order valence-electron chi connectivity index (χ4n) is 6.97. The van der Waals surface area contributed by atoms with Gasteiger partial charge >= 0.3 is 0 Å². The Morgan fingerprint density at radius 3 is 2.32 bits per heavy atom. The number of nitrogens with one attached hydrogen (secondary N) is 2. The Bertz CT molecular complexity index is 2410. The van der Waals surface area contributed by atoms with E-state index in [2.05, 4.69) is 83.2 Å². The van der Waals surface area contributed by atoms with Crippen molar-refractivity contribution < 1.29 is 13.3 Å². The summed E-state index contributed by atoms with van der Waals surface area (Å²) in [5, 5.41) is 16.2. The van der Waals surface area contributed by atoms with Crippen molar-refractivity contribution in [1.82, 2.24) is 19.8 Å². The van der Waals surface area contributed by atoms with E-state index in [1.54, 1.807) is 11.8 Å². The highest BCUT2D eigenvalue weighted by molar-refractivity contribution is 7.99. The van der Waals surface area contributed by atoms with Crippen molar-refractivity contribution in [3.05, 3.63) is 143 Å². The fourth-order valence-corrected chi connectivity index (χ4v) is 9.01. The molecule has 0 unspecified atom stereocenters. The zero-order chi connectivity index (χ0) is 39.8. The second kappa shape index (κ2) is 18.2. The van der Waals surface area contributed by atoms with Crippen LogP contribution in [0.4, 0.5) is 22.9 Å². The van der Waals surface area contributed by atoms with Crippen LogP contribution in [-0.2, 0) is 16.6 Å². The van der Waals surface area contributed by atoms with Crippen LogP contribution in [0.5, 0.6) is 0 Å². The molecule has 294 valence electrons. The summed E-state index contributed by atoms with van der Waals surface area (Å²) in [5.41, 5.74) is 5.28. The Morgan fingerprint density at radius 2 is 1.58 bits per heavy atom. The minimum absolute atomic E-state index is 0.0972. The molecule has 1 aromatic heterocycles. The van der Waals surface area contributed by atoms with Crippen molar-refractivity contribution in [3.8, 4) is 11.1 Å². The highest BCUT2D eigenvalue weighted by atomic mass is 32.2. The number of nitro groups is 1. The van der Waals surface area contributed by atoms with Crippen LogP contribution >= 0.6 is 11.8 Å². The molecule has 0 amide bonds. The fraction of sp³-hybridized carbons (Fsp3) is 0.256. The molecule has 1 fully saturated rings. The molecule has 1 saturated heterocycles. The molecular weight excluding hydrogens is 757 g/mol. The van der Waals surface area contributed by atoms with Crippen molar-refractivity contribution in [2.45, 2.75) is 28.8 Å². The molecular formula is C43H46N8O4S2. The summed E-state index contributed by atoms with van der Waals surface area (Å²) < 4.78 is 30.0. The van der Waals surface area contributed by atoms with Gasteiger partial charge in [-0.25, -0.2) is 18.4 Å². The summed E-state index contributed by atoms with van der Waals surface area (Å²) in [4.78, 5) is 28.2. The average Bonchev–Trinajstić information content (AvgIpc) is 3.22. The Kier molecular flexibility index (Phi) is 12.6. The van der Waals surface area contributed by atoms with Crippen molar-refractivity contribution >= 4 is 55.6 Å². The summed E-state index contributed by atoms with van der Waals surface area (Å²) in [6.07, 6.45) is 2.05. The molecule has 7 rings (SSSR count). The van der Waals surface area contributed by atoms with Gasteiger partial charge in [0, 0.05) is 66.6 Å². The van der Waals surface area contributed by atoms with Gasteiger partial charge in [-0.3, -0.25) is 19.7 Å². The number of sulfonamides is 1. The molecule has 14 heteroatoms. The standard InChI is InChI=1S/C43H46N8O4S2/c1-48(2)22-21-34(30-56-36-14-7-4-8-15-36)46-40-20-18-37(28-42(40)51(52)53)57(54,55)47-43-39-19-17-35(27-41(39)44-31-45-43)50-25-23-49(24-26-50)29-33-13-9-10-16-38(33)32-11-5-3-6-12-32/h3-20,27-28,31,34,46H,21-26,29-30H2,1-2H3,(H,44,45,47)/t34-/m1/s1. The lowest BCUT2D eigenvalue weighted by molar-refractivity contribution is -0.384. The lowest BCUT2D eigenvalue weighted by Gasteiger charge is -2.36. The molecule has 0 aliphatic carbocycles. The number of fused-ring (bicyclic) bond motifs is 1. The summed E-state index contributed by atoms with van der Waals surface area (Å²) in [6.45, 7) is 5.07. The number of nitrogens with zero attached hydrogens (tertiary/aromatic N) is 6. The van der Waals surface area contributed by atoms with Gasteiger partial charge in [0.25, 0.3) is 15.7 Å². The van der Waals surface area contributed by atoms with Gasteiger partial charge in [-0.15, -0.1) is 11.8 Å². The maximum Gasteiger partial charge on any atom is 0.293 e. The van der Waals surface area contributed by atoms with Crippen molar-refractivity contribution in [1.29, 1.82) is 0 Å².